The zero-order valence-electron chi connectivity index (χ0n) is 8.66. The van der Waals surface area contributed by atoms with Crippen LogP contribution in [0.2, 0.25) is 0 Å². The van der Waals surface area contributed by atoms with E-state index < -0.39 is 0 Å². The van der Waals surface area contributed by atoms with Crippen molar-refractivity contribution < 1.29 is 0 Å². The topological polar surface area (TPSA) is 0 Å². The Morgan fingerprint density at radius 1 is 1.08 bits per heavy atom. The Morgan fingerprint density at radius 2 is 1.85 bits per heavy atom. The van der Waals surface area contributed by atoms with Crippen LogP contribution in [0.3, 0.4) is 0 Å². The third kappa shape index (κ3) is 2.38. The smallest absolute Gasteiger partial charge is 0.0180 e. The quantitative estimate of drug-likeness (QED) is 0.598. The second kappa shape index (κ2) is 4.48. The fourth-order valence-corrected chi connectivity index (χ4v) is 6.45. The lowest BCUT2D eigenvalue weighted by Gasteiger charge is -2.39. The molecule has 2 aliphatic rings. The summed E-state index contributed by atoms with van der Waals surface area (Å²) < 4.78 is 0. The van der Waals surface area contributed by atoms with E-state index in [0.29, 0.717) is 0 Å². The van der Waals surface area contributed by atoms with Crippen molar-refractivity contribution in [3.8, 4) is 0 Å². The molecule has 0 spiro atoms. The van der Waals surface area contributed by atoms with Crippen LogP contribution in [0.15, 0.2) is 0 Å². The van der Waals surface area contributed by atoms with Crippen molar-refractivity contribution in [2.24, 2.45) is 11.8 Å². The average molecular weight is 216 g/mol. The lowest BCUT2D eigenvalue weighted by Crippen LogP contribution is -2.30. The standard InChI is InChI=1S/C11H20S2/c1-8(2)11-7-9-5-3-4-6-10(9)12-13-11/h8-11H,3-7H2,1-2H3. The lowest BCUT2D eigenvalue weighted by atomic mass is 9.84. The van der Waals surface area contributed by atoms with Crippen molar-refractivity contribution in [1.82, 2.24) is 0 Å². The van der Waals surface area contributed by atoms with Crippen molar-refractivity contribution >= 4 is 21.6 Å². The zero-order valence-corrected chi connectivity index (χ0v) is 10.3. The number of rotatable bonds is 1. The van der Waals surface area contributed by atoms with E-state index in [0.717, 1.165) is 22.3 Å². The number of hydrogen-bond acceptors (Lipinski definition) is 2. The summed E-state index contributed by atoms with van der Waals surface area (Å²) in [5.41, 5.74) is 0. The molecule has 3 unspecified atom stereocenters. The third-order valence-corrected chi connectivity index (χ3v) is 7.20. The van der Waals surface area contributed by atoms with Gasteiger partial charge < -0.3 is 0 Å². The molecule has 2 fully saturated rings. The van der Waals surface area contributed by atoms with Crippen molar-refractivity contribution in [3.05, 3.63) is 0 Å². The Bertz CT molecular complexity index is 167. The van der Waals surface area contributed by atoms with Gasteiger partial charge in [0.15, 0.2) is 0 Å². The summed E-state index contributed by atoms with van der Waals surface area (Å²) in [4.78, 5) is 0. The van der Waals surface area contributed by atoms with Crippen LogP contribution < -0.4 is 0 Å². The highest BCUT2D eigenvalue weighted by molar-refractivity contribution is 8.77. The summed E-state index contributed by atoms with van der Waals surface area (Å²) >= 11 is 0. The molecule has 0 bridgehead atoms. The van der Waals surface area contributed by atoms with E-state index in [1.807, 2.05) is 0 Å². The Morgan fingerprint density at radius 3 is 2.62 bits per heavy atom. The van der Waals surface area contributed by atoms with Crippen LogP contribution in [0, 0.1) is 11.8 Å². The van der Waals surface area contributed by atoms with E-state index in [4.69, 9.17) is 0 Å². The molecule has 2 heteroatoms. The van der Waals surface area contributed by atoms with Gasteiger partial charge in [-0.3, -0.25) is 0 Å². The van der Waals surface area contributed by atoms with Crippen LogP contribution in [-0.4, -0.2) is 10.5 Å². The normalized spacial score (nSPS) is 40.4. The maximum absolute atomic E-state index is 2.38. The molecule has 2 rings (SSSR count). The van der Waals surface area contributed by atoms with Gasteiger partial charge in [-0.1, -0.05) is 48.3 Å². The predicted octanol–water partition coefficient (Wildman–Crippen LogP) is 4.35. The fraction of sp³-hybridized carbons (Fsp3) is 1.00. The molecule has 1 saturated carbocycles. The molecule has 1 saturated heterocycles. The highest BCUT2D eigenvalue weighted by Crippen LogP contribution is 2.51. The van der Waals surface area contributed by atoms with Crippen LogP contribution >= 0.6 is 21.6 Å². The van der Waals surface area contributed by atoms with Crippen LogP contribution in [0.5, 0.6) is 0 Å². The van der Waals surface area contributed by atoms with Crippen molar-refractivity contribution in [3.63, 3.8) is 0 Å². The first-order valence-electron chi connectivity index (χ1n) is 5.59. The van der Waals surface area contributed by atoms with E-state index in [2.05, 4.69) is 35.4 Å². The Hall–Kier alpha value is 0.700. The average Bonchev–Trinajstić information content (AvgIpc) is 2.17. The second-order valence-corrected chi connectivity index (χ2v) is 7.54. The highest BCUT2D eigenvalue weighted by Gasteiger charge is 2.34. The number of hydrogen-bond donors (Lipinski definition) is 0. The molecule has 0 aromatic carbocycles. The molecule has 13 heavy (non-hydrogen) atoms. The summed E-state index contributed by atoms with van der Waals surface area (Å²) in [6.07, 6.45) is 7.49. The molecule has 0 amide bonds. The Balaban J connectivity index is 1.91. The SMILES string of the molecule is CC(C)C1CC2CCCCC2SS1. The monoisotopic (exact) mass is 216 g/mol. The molecular weight excluding hydrogens is 196 g/mol. The lowest BCUT2D eigenvalue weighted by molar-refractivity contribution is 0.330. The first kappa shape index (κ1) is 10.2. The van der Waals surface area contributed by atoms with Gasteiger partial charge in [0.2, 0.25) is 0 Å². The molecular formula is C11H20S2. The van der Waals surface area contributed by atoms with Gasteiger partial charge in [0, 0.05) is 10.5 Å². The summed E-state index contributed by atoms with van der Waals surface area (Å²) in [7, 11) is 4.37. The van der Waals surface area contributed by atoms with Gasteiger partial charge in [0.05, 0.1) is 0 Å². The molecule has 3 atom stereocenters. The van der Waals surface area contributed by atoms with Gasteiger partial charge in [0.25, 0.3) is 0 Å². The number of fused-ring (bicyclic) bond motifs is 1. The van der Waals surface area contributed by atoms with E-state index in [1.54, 1.807) is 0 Å². The fourth-order valence-electron chi connectivity index (χ4n) is 2.43. The van der Waals surface area contributed by atoms with Gasteiger partial charge in [-0.25, -0.2) is 0 Å². The van der Waals surface area contributed by atoms with Gasteiger partial charge in [-0.15, -0.1) is 0 Å². The van der Waals surface area contributed by atoms with Crippen molar-refractivity contribution in [1.29, 1.82) is 0 Å². The molecule has 0 aromatic rings. The minimum atomic E-state index is 0.875. The molecule has 76 valence electrons. The molecule has 1 heterocycles. The first-order chi connectivity index (χ1) is 6.27. The summed E-state index contributed by atoms with van der Waals surface area (Å²) in [6, 6.07) is 0. The predicted molar refractivity (Wildman–Crippen MR) is 64.2 cm³/mol. The van der Waals surface area contributed by atoms with Gasteiger partial charge >= 0.3 is 0 Å². The van der Waals surface area contributed by atoms with Crippen molar-refractivity contribution in [2.45, 2.75) is 56.5 Å². The molecule has 1 aliphatic carbocycles. The van der Waals surface area contributed by atoms with E-state index in [-0.39, 0.29) is 0 Å². The van der Waals surface area contributed by atoms with E-state index in [9.17, 15) is 0 Å². The van der Waals surface area contributed by atoms with Crippen LogP contribution in [0.4, 0.5) is 0 Å². The van der Waals surface area contributed by atoms with E-state index >= 15 is 0 Å². The summed E-state index contributed by atoms with van der Waals surface area (Å²) in [6.45, 7) is 4.75. The maximum Gasteiger partial charge on any atom is 0.0180 e. The second-order valence-electron chi connectivity index (χ2n) is 4.79. The van der Waals surface area contributed by atoms with Gasteiger partial charge in [-0.2, -0.15) is 0 Å². The zero-order chi connectivity index (χ0) is 9.26. The third-order valence-electron chi connectivity index (χ3n) is 3.42. The minimum absolute atomic E-state index is 0.875. The molecule has 0 aromatic heterocycles. The van der Waals surface area contributed by atoms with Gasteiger partial charge in [-0.05, 0) is 31.1 Å². The summed E-state index contributed by atoms with van der Waals surface area (Å²) in [5, 5.41) is 1.94. The van der Waals surface area contributed by atoms with Crippen molar-refractivity contribution in [2.75, 3.05) is 0 Å². The molecule has 0 nitrogen and oxygen atoms in total. The van der Waals surface area contributed by atoms with Crippen LogP contribution in [0.25, 0.3) is 0 Å². The van der Waals surface area contributed by atoms with E-state index in [1.165, 1.54) is 32.1 Å². The minimum Gasteiger partial charge on any atom is -0.0902 e. The largest absolute Gasteiger partial charge is 0.0902 e. The van der Waals surface area contributed by atoms with Gasteiger partial charge in [0.1, 0.15) is 0 Å². The molecule has 1 aliphatic heterocycles. The highest BCUT2D eigenvalue weighted by atomic mass is 33.1. The summed E-state index contributed by atoms with van der Waals surface area (Å²) in [5.74, 6) is 1.94. The Kier molecular flexibility index (Phi) is 3.52. The van der Waals surface area contributed by atoms with Crippen LogP contribution in [0.1, 0.15) is 46.0 Å². The molecule has 0 radical (unpaired) electrons. The first-order valence-corrected chi connectivity index (χ1v) is 7.87. The molecule has 0 N–H and O–H groups in total. The van der Waals surface area contributed by atoms with Crippen LogP contribution in [-0.2, 0) is 0 Å². The Labute approximate surface area is 90.0 Å². The maximum atomic E-state index is 2.38.